The van der Waals surface area contributed by atoms with Crippen LogP contribution in [0.1, 0.15) is 28.8 Å². The first-order valence-electron chi connectivity index (χ1n) is 11.4. The van der Waals surface area contributed by atoms with Gasteiger partial charge in [-0.3, -0.25) is 14.5 Å². The number of benzene rings is 2. The van der Waals surface area contributed by atoms with Crippen molar-refractivity contribution in [2.45, 2.75) is 19.4 Å². The SMILES string of the molecule is CN(CC(=O)Nc1ccc(N2CCOCC2)cc1)C(=O)c1cccc(CN2CCCC2)c1. The van der Waals surface area contributed by atoms with Crippen molar-refractivity contribution in [3.8, 4) is 0 Å². The molecule has 2 amide bonds. The van der Waals surface area contributed by atoms with Gasteiger partial charge in [-0.25, -0.2) is 0 Å². The van der Waals surface area contributed by atoms with E-state index >= 15 is 0 Å². The number of ether oxygens (including phenoxy) is 1. The van der Waals surface area contributed by atoms with Crippen LogP contribution < -0.4 is 10.2 Å². The van der Waals surface area contributed by atoms with Crippen LogP contribution in [-0.4, -0.2) is 74.6 Å². The van der Waals surface area contributed by atoms with Gasteiger partial charge >= 0.3 is 0 Å². The zero-order chi connectivity index (χ0) is 22.3. The fourth-order valence-corrected chi connectivity index (χ4v) is 4.29. The van der Waals surface area contributed by atoms with E-state index in [1.165, 1.54) is 17.7 Å². The Morgan fingerprint density at radius 3 is 2.44 bits per heavy atom. The molecule has 2 aliphatic rings. The van der Waals surface area contributed by atoms with Crippen molar-refractivity contribution in [3.05, 3.63) is 59.7 Å². The Morgan fingerprint density at radius 2 is 1.72 bits per heavy atom. The Hall–Kier alpha value is -2.90. The molecule has 32 heavy (non-hydrogen) atoms. The summed E-state index contributed by atoms with van der Waals surface area (Å²) in [7, 11) is 1.66. The van der Waals surface area contributed by atoms with Crippen molar-refractivity contribution >= 4 is 23.2 Å². The molecule has 2 heterocycles. The Morgan fingerprint density at radius 1 is 1.00 bits per heavy atom. The topological polar surface area (TPSA) is 65.1 Å². The Labute approximate surface area is 189 Å². The molecule has 2 aliphatic heterocycles. The lowest BCUT2D eigenvalue weighted by Crippen LogP contribution is -2.36. The van der Waals surface area contributed by atoms with Crippen molar-refractivity contribution in [3.63, 3.8) is 0 Å². The van der Waals surface area contributed by atoms with Crippen molar-refractivity contribution < 1.29 is 14.3 Å². The van der Waals surface area contributed by atoms with Crippen molar-refractivity contribution in [2.24, 2.45) is 0 Å². The smallest absolute Gasteiger partial charge is 0.254 e. The average molecular weight is 437 g/mol. The molecule has 0 aromatic heterocycles. The predicted octanol–water partition coefficient (Wildman–Crippen LogP) is 2.83. The molecular formula is C25H32N4O3. The van der Waals surface area contributed by atoms with Crippen molar-refractivity contribution in [2.75, 3.05) is 63.2 Å². The summed E-state index contributed by atoms with van der Waals surface area (Å²) >= 11 is 0. The number of hydrogen-bond donors (Lipinski definition) is 1. The standard InChI is InChI=1S/C25H32N4O3/c1-27(25(31)21-6-4-5-20(17-21)18-28-11-2-3-12-28)19-24(30)26-22-7-9-23(10-8-22)29-13-15-32-16-14-29/h4-10,17H,2-3,11-16,18-19H2,1H3,(H,26,30). The largest absolute Gasteiger partial charge is 0.378 e. The lowest BCUT2D eigenvalue weighted by atomic mass is 10.1. The molecule has 2 saturated heterocycles. The highest BCUT2D eigenvalue weighted by Gasteiger charge is 2.17. The van der Waals surface area contributed by atoms with Crippen molar-refractivity contribution in [1.29, 1.82) is 0 Å². The third-order valence-electron chi connectivity index (χ3n) is 6.03. The van der Waals surface area contributed by atoms with Crippen LogP contribution in [0, 0.1) is 0 Å². The third-order valence-corrected chi connectivity index (χ3v) is 6.03. The van der Waals surface area contributed by atoms with E-state index in [-0.39, 0.29) is 18.4 Å². The molecule has 0 bridgehead atoms. The van der Waals surface area contributed by atoms with Gasteiger partial charge in [-0.05, 0) is 67.9 Å². The van der Waals surface area contributed by atoms with Crippen molar-refractivity contribution in [1.82, 2.24) is 9.80 Å². The van der Waals surface area contributed by atoms with E-state index in [4.69, 9.17) is 4.74 Å². The van der Waals surface area contributed by atoms with Crippen LogP contribution in [0.5, 0.6) is 0 Å². The van der Waals surface area contributed by atoms with Gasteiger partial charge in [0.1, 0.15) is 0 Å². The van der Waals surface area contributed by atoms with E-state index in [1.807, 2.05) is 42.5 Å². The normalized spacial score (nSPS) is 16.7. The number of amides is 2. The van der Waals surface area contributed by atoms with Crippen LogP contribution in [0.15, 0.2) is 48.5 Å². The predicted molar refractivity (Wildman–Crippen MR) is 126 cm³/mol. The minimum Gasteiger partial charge on any atom is -0.378 e. The molecule has 170 valence electrons. The maximum absolute atomic E-state index is 12.9. The second-order valence-electron chi connectivity index (χ2n) is 8.54. The van der Waals surface area contributed by atoms with Gasteiger partial charge in [0.05, 0.1) is 19.8 Å². The number of anilines is 2. The summed E-state index contributed by atoms with van der Waals surface area (Å²) in [5, 5.41) is 2.89. The van der Waals surface area contributed by atoms with Gasteiger partial charge in [0, 0.05) is 43.6 Å². The fourth-order valence-electron chi connectivity index (χ4n) is 4.29. The minimum absolute atomic E-state index is 0.000398. The number of nitrogens with one attached hydrogen (secondary N) is 1. The molecule has 0 atom stereocenters. The van der Waals surface area contributed by atoms with Gasteiger partial charge in [0.25, 0.3) is 5.91 Å². The van der Waals surface area contributed by atoms with E-state index in [2.05, 4.69) is 21.2 Å². The first-order chi connectivity index (χ1) is 15.6. The summed E-state index contributed by atoms with van der Waals surface area (Å²) in [5.74, 6) is -0.362. The van der Waals surface area contributed by atoms with Gasteiger partial charge in [0.2, 0.25) is 5.91 Å². The molecular weight excluding hydrogens is 404 g/mol. The fraction of sp³-hybridized carbons (Fsp3) is 0.440. The Kier molecular flexibility index (Phi) is 7.39. The van der Waals surface area contributed by atoms with Gasteiger partial charge in [-0.1, -0.05) is 12.1 Å². The van der Waals surface area contributed by atoms with Gasteiger partial charge in [-0.2, -0.15) is 0 Å². The second-order valence-corrected chi connectivity index (χ2v) is 8.54. The van der Waals surface area contributed by atoms with Crippen LogP contribution in [0.4, 0.5) is 11.4 Å². The Balaban J connectivity index is 1.29. The maximum Gasteiger partial charge on any atom is 0.254 e. The second kappa shape index (κ2) is 10.6. The van der Waals surface area contributed by atoms with E-state index in [0.717, 1.165) is 62.9 Å². The highest BCUT2D eigenvalue weighted by molar-refractivity contribution is 5.99. The molecule has 2 fully saturated rings. The molecule has 0 aliphatic carbocycles. The number of likely N-dealkylation sites (N-methyl/N-ethyl adjacent to an activating group) is 1. The minimum atomic E-state index is -0.215. The molecule has 4 rings (SSSR count). The van der Waals surface area contributed by atoms with Gasteiger partial charge in [0.15, 0.2) is 0 Å². The quantitative estimate of drug-likeness (QED) is 0.723. The summed E-state index contributed by atoms with van der Waals surface area (Å²) in [6.45, 7) is 6.32. The summed E-state index contributed by atoms with van der Waals surface area (Å²) in [5.41, 5.74) is 3.59. The number of carbonyl (C=O) groups is 2. The summed E-state index contributed by atoms with van der Waals surface area (Å²) < 4.78 is 5.39. The number of morpholine rings is 1. The van der Waals surface area contributed by atoms with Crippen LogP contribution in [0.25, 0.3) is 0 Å². The van der Waals surface area contributed by atoms with Gasteiger partial charge < -0.3 is 19.9 Å². The number of likely N-dealkylation sites (tertiary alicyclic amines) is 1. The van der Waals surface area contributed by atoms with Crippen LogP contribution in [-0.2, 0) is 16.1 Å². The highest BCUT2D eigenvalue weighted by atomic mass is 16.5. The molecule has 2 aromatic rings. The highest BCUT2D eigenvalue weighted by Crippen LogP contribution is 2.19. The number of carbonyl (C=O) groups excluding carboxylic acids is 2. The first kappa shape index (κ1) is 22.3. The third kappa shape index (κ3) is 5.87. The number of nitrogens with zero attached hydrogens (tertiary/aromatic N) is 3. The first-order valence-corrected chi connectivity index (χ1v) is 11.4. The molecule has 0 radical (unpaired) electrons. The molecule has 2 aromatic carbocycles. The maximum atomic E-state index is 12.9. The number of rotatable bonds is 7. The van der Waals surface area contributed by atoms with Crippen LogP contribution in [0.3, 0.4) is 0 Å². The zero-order valence-corrected chi connectivity index (χ0v) is 18.8. The Bertz CT molecular complexity index is 919. The summed E-state index contributed by atoms with van der Waals surface area (Å²) in [6.07, 6.45) is 2.48. The van der Waals surface area contributed by atoms with E-state index in [0.29, 0.717) is 5.56 Å². The average Bonchev–Trinajstić information content (AvgIpc) is 3.33. The summed E-state index contributed by atoms with van der Waals surface area (Å²) in [6, 6.07) is 15.5. The lowest BCUT2D eigenvalue weighted by Gasteiger charge is -2.28. The molecule has 1 N–H and O–H groups in total. The zero-order valence-electron chi connectivity index (χ0n) is 18.8. The lowest BCUT2D eigenvalue weighted by molar-refractivity contribution is -0.116. The van der Waals surface area contributed by atoms with E-state index in [9.17, 15) is 9.59 Å². The summed E-state index contributed by atoms with van der Waals surface area (Å²) in [4.78, 5) is 31.5. The van der Waals surface area contributed by atoms with Crippen LogP contribution >= 0.6 is 0 Å². The molecule has 0 saturated carbocycles. The number of hydrogen-bond acceptors (Lipinski definition) is 5. The molecule has 0 spiro atoms. The molecule has 7 heteroatoms. The van der Waals surface area contributed by atoms with E-state index in [1.54, 1.807) is 7.05 Å². The monoisotopic (exact) mass is 436 g/mol. The van der Waals surface area contributed by atoms with Gasteiger partial charge in [-0.15, -0.1) is 0 Å². The van der Waals surface area contributed by atoms with E-state index < -0.39 is 0 Å². The molecule has 0 unspecified atom stereocenters. The van der Waals surface area contributed by atoms with Crippen LogP contribution in [0.2, 0.25) is 0 Å². The molecule has 7 nitrogen and oxygen atoms in total.